The van der Waals surface area contributed by atoms with Crippen molar-refractivity contribution < 1.29 is 0 Å². The minimum atomic E-state index is 0.250. The molecule has 0 saturated heterocycles. The summed E-state index contributed by atoms with van der Waals surface area (Å²) in [4.78, 5) is 1.34. The molecular weight excluding hydrogens is 430 g/mol. The average molecular weight is 445 g/mol. The number of benzene rings is 1. The maximum atomic E-state index is 3.70. The highest BCUT2D eigenvalue weighted by molar-refractivity contribution is 9.13. The third-order valence-corrected chi connectivity index (χ3v) is 7.67. The summed E-state index contributed by atoms with van der Waals surface area (Å²) in [6.45, 7) is 3.22. The Morgan fingerprint density at radius 3 is 2.81 bits per heavy atom. The number of hydrogen-bond acceptors (Lipinski definition) is 3. The number of thiophene rings is 2. The van der Waals surface area contributed by atoms with Crippen LogP contribution in [0.3, 0.4) is 0 Å². The predicted molar refractivity (Wildman–Crippen MR) is 102 cm³/mol. The van der Waals surface area contributed by atoms with E-state index in [-0.39, 0.29) is 6.04 Å². The van der Waals surface area contributed by atoms with Gasteiger partial charge in [-0.05, 0) is 73.3 Å². The molecule has 0 bridgehead atoms. The van der Waals surface area contributed by atoms with Gasteiger partial charge in [-0.3, -0.25) is 0 Å². The Morgan fingerprint density at radius 1 is 1.24 bits per heavy atom. The second-order valence-electron chi connectivity index (χ2n) is 4.84. The van der Waals surface area contributed by atoms with E-state index in [0.29, 0.717) is 0 Å². The molecule has 0 saturated carbocycles. The minimum Gasteiger partial charge on any atom is -0.306 e. The molecule has 1 aromatic carbocycles. The van der Waals surface area contributed by atoms with E-state index in [4.69, 9.17) is 0 Å². The van der Waals surface area contributed by atoms with Gasteiger partial charge in [0, 0.05) is 14.0 Å². The molecule has 1 N–H and O–H groups in total. The maximum absolute atomic E-state index is 3.70. The fourth-order valence-electron chi connectivity index (χ4n) is 2.40. The van der Waals surface area contributed by atoms with Gasteiger partial charge in [0.2, 0.25) is 0 Å². The molecule has 0 amide bonds. The lowest BCUT2D eigenvalue weighted by Crippen LogP contribution is -2.22. The van der Waals surface area contributed by atoms with Crippen molar-refractivity contribution in [1.82, 2.24) is 5.32 Å². The zero-order valence-electron chi connectivity index (χ0n) is 11.5. The van der Waals surface area contributed by atoms with Crippen LogP contribution in [-0.2, 0) is 0 Å². The molecule has 5 heteroatoms. The summed E-state index contributed by atoms with van der Waals surface area (Å²) < 4.78 is 3.66. The van der Waals surface area contributed by atoms with Gasteiger partial charge in [-0.2, -0.15) is 0 Å². The fraction of sp³-hybridized carbons (Fsp3) is 0.250. The van der Waals surface area contributed by atoms with Crippen molar-refractivity contribution in [2.75, 3.05) is 6.54 Å². The van der Waals surface area contributed by atoms with E-state index in [1.165, 1.54) is 20.5 Å². The van der Waals surface area contributed by atoms with Gasteiger partial charge in [0.15, 0.2) is 0 Å². The van der Waals surface area contributed by atoms with Crippen LogP contribution in [0.4, 0.5) is 0 Å². The Bertz CT molecular complexity index is 728. The molecule has 2 aromatic heterocycles. The molecule has 3 rings (SSSR count). The molecule has 110 valence electrons. The standard InChI is InChI=1S/C16H15Br2NS2/c1-2-7-19-14(13-9-12(17)16(18)21-13)11-5-3-4-10-6-8-20-15(10)11/h3-6,8-9,14,19H,2,7H2,1H3. The van der Waals surface area contributed by atoms with Crippen LogP contribution in [0, 0.1) is 0 Å². The molecular formula is C16H15Br2NS2. The number of fused-ring (bicyclic) bond motifs is 1. The first kappa shape index (κ1) is 15.7. The Kier molecular flexibility index (Phi) is 5.17. The third kappa shape index (κ3) is 3.27. The van der Waals surface area contributed by atoms with E-state index >= 15 is 0 Å². The molecule has 0 radical (unpaired) electrons. The van der Waals surface area contributed by atoms with E-state index in [9.17, 15) is 0 Å². The topological polar surface area (TPSA) is 12.0 Å². The Labute approximate surface area is 149 Å². The van der Waals surface area contributed by atoms with Gasteiger partial charge in [-0.1, -0.05) is 25.1 Å². The maximum Gasteiger partial charge on any atom is 0.0843 e. The molecule has 21 heavy (non-hydrogen) atoms. The van der Waals surface area contributed by atoms with E-state index < -0.39 is 0 Å². The molecule has 0 aliphatic carbocycles. The van der Waals surface area contributed by atoms with Gasteiger partial charge < -0.3 is 5.32 Å². The first-order valence-electron chi connectivity index (χ1n) is 6.85. The van der Waals surface area contributed by atoms with Crippen molar-refractivity contribution >= 4 is 64.6 Å². The molecule has 0 aliphatic heterocycles. The van der Waals surface area contributed by atoms with Crippen molar-refractivity contribution in [3.8, 4) is 0 Å². The molecule has 1 unspecified atom stereocenters. The van der Waals surface area contributed by atoms with E-state index in [2.05, 4.69) is 79.8 Å². The number of nitrogens with one attached hydrogen (secondary N) is 1. The lowest BCUT2D eigenvalue weighted by Gasteiger charge is -2.18. The summed E-state index contributed by atoms with van der Waals surface area (Å²) >= 11 is 10.8. The highest BCUT2D eigenvalue weighted by Gasteiger charge is 2.19. The summed E-state index contributed by atoms with van der Waals surface area (Å²) in [5.74, 6) is 0. The van der Waals surface area contributed by atoms with E-state index in [1.807, 2.05) is 11.3 Å². The SMILES string of the molecule is CCCNC(c1cc(Br)c(Br)s1)c1cccc2ccsc12. The van der Waals surface area contributed by atoms with Crippen LogP contribution in [0.5, 0.6) is 0 Å². The van der Waals surface area contributed by atoms with Crippen LogP contribution in [-0.4, -0.2) is 6.54 Å². The summed E-state index contributed by atoms with van der Waals surface area (Å²) in [5, 5.41) is 7.20. The first-order chi connectivity index (χ1) is 10.2. The van der Waals surface area contributed by atoms with Gasteiger partial charge in [0.05, 0.1) is 9.83 Å². The van der Waals surface area contributed by atoms with Crippen LogP contribution in [0.25, 0.3) is 10.1 Å². The third-order valence-electron chi connectivity index (χ3n) is 3.37. The minimum absolute atomic E-state index is 0.250. The van der Waals surface area contributed by atoms with Gasteiger partial charge >= 0.3 is 0 Å². The Hall–Kier alpha value is -0.200. The fourth-order valence-corrected chi connectivity index (χ4v) is 5.53. The van der Waals surface area contributed by atoms with Crippen LogP contribution >= 0.6 is 54.5 Å². The molecule has 1 nitrogen and oxygen atoms in total. The van der Waals surface area contributed by atoms with E-state index in [1.54, 1.807) is 11.3 Å². The molecule has 0 spiro atoms. The highest BCUT2D eigenvalue weighted by Crippen LogP contribution is 2.40. The zero-order chi connectivity index (χ0) is 14.8. The van der Waals surface area contributed by atoms with Gasteiger partial charge in [0.1, 0.15) is 0 Å². The molecule has 0 fully saturated rings. The quantitative estimate of drug-likeness (QED) is 0.468. The molecule has 3 aromatic rings. The zero-order valence-corrected chi connectivity index (χ0v) is 16.3. The van der Waals surface area contributed by atoms with Gasteiger partial charge in [-0.25, -0.2) is 0 Å². The number of rotatable bonds is 5. The molecule has 0 aliphatic rings. The van der Waals surface area contributed by atoms with Crippen LogP contribution in [0.2, 0.25) is 0 Å². The van der Waals surface area contributed by atoms with Gasteiger partial charge in [-0.15, -0.1) is 22.7 Å². The first-order valence-corrected chi connectivity index (χ1v) is 10.1. The summed E-state index contributed by atoms with van der Waals surface area (Å²) in [6, 6.07) is 11.2. The van der Waals surface area contributed by atoms with Crippen LogP contribution in [0.15, 0.2) is 44.0 Å². The average Bonchev–Trinajstić information content (AvgIpc) is 3.07. The Morgan fingerprint density at radius 2 is 2.10 bits per heavy atom. The summed E-state index contributed by atoms with van der Waals surface area (Å²) in [7, 11) is 0. The van der Waals surface area contributed by atoms with E-state index in [0.717, 1.165) is 21.2 Å². The second-order valence-corrected chi connectivity index (χ2v) is 9.02. The smallest absolute Gasteiger partial charge is 0.0843 e. The van der Waals surface area contributed by atoms with Crippen molar-refractivity contribution in [2.24, 2.45) is 0 Å². The normalized spacial score (nSPS) is 12.9. The molecule has 1 atom stereocenters. The number of hydrogen-bond donors (Lipinski definition) is 1. The van der Waals surface area contributed by atoms with Crippen molar-refractivity contribution in [1.29, 1.82) is 0 Å². The number of halogens is 2. The lowest BCUT2D eigenvalue weighted by molar-refractivity contribution is 0.609. The predicted octanol–water partition coefficient (Wildman–Crippen LogP) is 6.58. The largest absolute Gasteiger partial charge is 0.306 e. The monoisotopic (exact) mass is 443 g/mol. The lowest BCUT2D eigenvalue weighted by atomic mass is 10.0. The van der Waals surface area contributed by atoms with Gasteiger partial charge in [0.25, 0.3) is 0 Å². The van der Waals surface area contributed by atoms with Crippen molar-refractivity contribution in [3.05, 3.63) is 54.4 Å². The second kappa shape index (κ2) is 6.92. The summed E-state index contributed by atoms with van der Waals surface area (Å²) in [5.41, 5.74) is 1.37. The summed E-state index contributed by atoms with van der Waals surface area (Å²) in [6.07, 6.45) is 1.13. The molecule has 2 heterocycles. The van der Waals surface area contributed by atoms with Crippen molar-refractivity contribution in [2.45, 2.75) is 19.4 Å². The Balaban J connectivity index is 2.08. The van der Waals surface area contributed by atoms with Crippen LogP contribution in [0.1, 0.15) is 29.8 Å². The van der Waals surface area contributed by atoms with Crippen molar-refractivity contribution in [3.63, 3.8) is 0 Å². The van der Waals surface area contributed by atoms with Crippen LogP contribution < -0.4 is 5.32 Å². The highest BCUT2D eigenvalue weighted by atomic mass is 79.9.